The zero-order chi connectivity index (χ0) is 16.8. The molecular formula is C18H25N3O3. The zero-order valence-electron chi connectivity index (χ0n) is 14.4. The number of likely N-dealkylation sites (N-methyl/N-ethyl adjacent to an activating group) is 1. The van der Waals surface area contributed by atoms with E-state index < -0.39 is 0 Å². The lowest BCUT2D eigenvalue weighted by atomic mass is 10.2. The van der Waals surface area contributed by atoms with Gasteiger partial charge in [0.25, 0.3) is 0 Å². The molecule has 0 spiro atoms. The molecule has 6 nitrogen and oxygen atoms in total. The zero-order valence-corrected chi connectivity index (χ0v) is 14.4. The molecule has 1 aliphatic heterocycles. The number of benzene rings is 1. The predicted octanol–water partition coefficient (Wildman–Crippen LogP) is 3.07. The van der Waals surface area contributed by atoms with Crippen molar-refractivity contribution in [2.45, 2.75) is 45.8 Å². The molecule has 2 heterocycles. The summed E-state index contributed by atoms with van der Waals surface area (Å²) in [6, 6.07) is 7.78. The number of nitrogens with zero attached hydrogens (tertiary/aromatic N) is 3. The SMILES string of the molecule is CCCCc1noc(CN(CC)CC2COc3ccccc3O2)n1. The first-order valence-corrected chi connectivity index (χ1v) is 8.70. The topological polar surface area (TPSA) is 60.6 Å². The molecule has 0 saturated heterocycles. The number of aryl methyl sites for hydroxylation is 1. The summed E-state index contributed by atoms with van der Waals surface area (Å²) in [5, 5.41) is 4.05. The Kier molecular flexibility index (Phi) is 5.69. The summed E-state index contributed by atoms with van der Waals surface area (Å²) < 4.78 is 17.2. The van der Waals surface area contributed by atoms with Crippen LogP contribution in [0, 0.1) is 0 Å². The summed E-state index contributed by atoms with van der Waals surface area (Å²) in [6.45, 7) is 7.11. The quantitative estimate of drug-likeness (QED) is 0.741. The molecule has 0 saturated carbocycles. The molecule has 0 amide bonds. The van der Waals surface area contributed by atoms with Crippen molar-refractivity contribution in [1.29, 1.82) is 0 Å². The van der Waals surface area contributed by atoms with Gasteiger partial charge < -0.3 is 14.0 Å². The van der Waals surface area contributed by atoms with Crippen LogP contribution < -0.4 is 9.47 Å². The molecule has 130 valence electrons. The van der Waals surface area contributed by atoms with E-state index in [1.54, 1.807) is 0 Å². The van der Waals surface area contributed by atoms with Crippen molar-refractivity contribution in [2.24, 2.45) is 0 Å². The molecule has 24 heavy (non-hydrogen) atoms. The average molecular weight is 331 g/mol. The largest absolute Gasteiger partial charge is 0.486 e. The lowest BCUT2D eigenvalue weighted by molar-refractivity contribution is 0.0551. The molecular weight excluding hydrogens is 306 g/mol. The number of ether oxygens (including phenoxy) is 2. The summed E-state index contributed by atoms with van der Waals surface area (Å²) in [7, 11) is 0. The second-order valence-electron chi connectivity index (χ2n) is 6.03. The maximum atomic E-state index is 6.03. The highest BCUT2D eigenvalue weighted by Gasteiger charge is 2.23. The number of fused-ring (bicyclic) bond motifs is 1. The van der Waals surface area contributed by atoms with Gasteiger partial charge in [0.2, 0.25) is 5.89 Å². The minimum absolute atomic E-state index is 0.00216. The Balaban J connectivity index is 1.54. The van der Waals surface area contributed by atoms with Gasteiger partial charge in [0, 0.05) is 13.0 Å². The van der Waals surface area contributed by atoms with Gasteiger partial charge in [-0.25, -0.2) is 0 Å². The van der Waals surface area contributed by atoms with Crippen molar-refractivity contribution < 1.29 is 14.0 Å². The number of unbranched alkanes of at least 4 members (excludes halogenated alkanes) is 1. The molecule has 3 rings (SSSR count). The Hall–Kier alpha value is -2.08. The van der Waals surface area contributed by atoms with E-state index in [1.807, 2.05) is 24.3 Å². The van der Waals surface area contributed by atoms with Gasteiger partial charge in [-0.1, -0.05) is 37.6 Å². The van der Waals surface area contributed by atoms with Crippen LogP contribution in [-0.2, 0) is 13.0 Å². The van der Waals surface area contributed by atoms with Gasteiger partial charge in [0.05, 0.1) is 6.54 Å². The standard InChI is InChI=1S/C18H25N3O3/c1-3-5-10-17-19-18(24-20-17)12-21(4-2)11-14-13-22-15-8-6-7-9-16(15)23-14/h6-9,14H,3-5,10-13H2,1-2H3. The number of aromatic nitrogens is 2. The number of hydrogen-bond acceptors (Lipinski definition) is 6. The van der Waals surface area contributed by atoms with E-state index in [0.717, 1.165) is 49.7 Å². The second-order valence-corrected chi connectivity index (χ2v) is 6.03. The summed E-state index contributed by atoms with van der Waals surface area (Å²) in [6.07, 6.45) is 3.10. The van der Waals surface area contributed by atoms with Gasteiger partial charge in [-0.15, -0.1) is 0 Å². The maximum Gasteiger partial charge on any atom is 0.240 e. The molecule has 0 fully saturated rings. The summed E-state index contributed by atoms with van der Waals surface area (Å²) in [5.74, 6) is 3.09. The fourth-order valence-electron chi connectivity index (χ4n) is 2.73. The number of hydrogen-bond donors (Lipinski definition) is 0. The van der Waals surface area contributed by atoms with E-state index in [4.69, 9.17) is 14.0 Å². The van der Waals surface area contributed by atoms with E-state index in [2.05, 4.69) is 28.9 Å². The van der Waals surface area contributed by atoms with Crippen LogP contribution in [0.5, 0.6) is 11.5 Å². The molecule has 0 N–H and O–H groups in total. The smallest absolute Gasteiger partial charge is 0.240 e. The Morgan fingerprint density at radius 1 is 1.21 bits per heavy atom. The van der Waals surface area contributed by atoms with Gasteiger partial charge in [-0.2, -0.15) is 4.98 Å². The van der Waals surface area contributed by atoms with E-state index in [9.17, 15) is 0 Å². The third-order valence-electron chi connectivity index (χ3n) is 4.10. The minimum atomic E-state index is 0.00216. The molecule has 1 unspecified atom stereocenters. The molecule has 1 aromatic carbocycles. The highest BCUT2D eigenvalue weighted by atomic mass is 16.6. The van der Waals surface area contributed by atoms with Crippen molar-refractivity contribution in [1.82, 2.24) is 15.0 Å². The van der Waals surface area contributed by atoms with Crippen LogP contribution in [-0.4, -0.2) is 40.8 Å². The van der Waals surface area contributed by atoms with Crippen molar-refractivity contribution in [3.63, 3.8) is 0 Å². The van der Waals surface area contributed by atoms with Crippen LogP contribution in [0.3, 0.4) is 0 Å². The third kappa shape index (κ3) is 4.26. The van der Waals surface area contributed by atoms with Crippen LogP contribution in [0.25, 0.3) is 0 Å². The fraction of sp³-hybridized carbons (Fsp3) is 0.556. The number of para-hydroxylation sites is 2. The fourth-order valence-corrected chi connectivity index (χ4v) is 2.73. The molecule has 1 aromatic heterocycles. The first kappa shape index (κ1) is 16.8. The Labute approximate surface area is 142 Å². The Morgan fingerprint density at radius 2 is 2.04 bits per heavy atom. The highest BCUT2D eigenvalue weighted by Crippen LogP contribution is 2.31. The molecule has 0 bridgehead atoms. The van der Waals surface area contributed by atoms with Crippen LogP contribution in [0.2, 0.25) is 0 Å². The molecule has 1 atom stereocenters. The van der Waals surface area contributed by atoms with Crippen molar-refractivity contribution in [3.05, 3.63) is 36.0 Å². The molecule has 1 aliphatic rings. The van der Waals surface area contributed by atoms with E-state index >= 15 is 0 Å². The molecule has 6 heteroatoms. The monoisotopic (exact) mass is 331 g/mol. The van der Waals surface area contributed by atoms with E-state index in [1.165, 1.54) is 0 Å². The van der Waals surface area contributed by atoms with E-state index in [-0.39, 0.29) is 6.10 Å². The Bertz CT molecular complexity index is 644. The van der Waals surface area contributed by atoms with Crippen molar-refractivity contribution in [3.8, 4) is 11.5 Å². The number of rotatable bonds is 8. The minimum Gasteiger partial charge on any atom is -0.486 e. The van der Waals surface area contributed by atoms with Crippen molar-refractivity contribution in [2.75, 3.05) is 19.7 Å². The van der Waals surface area contributed by atoms with Crippen LogP contribution in [0.15, 0.2) is 28.8 Å². The van der Waals surface area contributed by atoms with Gasteiger partial charge in [-0.3, -0.25) is 4.90 Å². The lowest BCUT2D eigenvalue weighted by Gasteiger charge is -2.30. The molecule has 0 aliphatic carbocycles. The summed E-state index contributed by atoms with van der Waals surface area (Å²) in [5.41, 5.74) is 0. The van der Waals surface area contributed by atoms with Crippen LogP contribution in [0.4, 0.5) is 0 Å². The molecule has 2 aromatic rings. The maximum absolute atomic E-state index is 6.03. The van der Waals surface area contributed by atoms with Gasteiger partial charge in [-0.05, 0) is 25.1 Å². The third-order valence-corrected chi connectivity index (χ3v) is 4.10. The van der Waals surface area contributed by atoms with E-state index in [0.29, 0.717) is 19.0 Å². The van der Waals surface area contributed by atoms with Crippen molar-refractivity contribution >= 4 is 0 Å². The molecule has 0 radical (unpaired) electrons. The normalized spacial score (nSPS) is 16.5. The van der Waals surface area contributed by atoms with Crippen LogP contribution >= 0.6 is 0 Å². The van der Waals surface area contributed by atoms with Gasteiger partial charge in [0.15, 0.2) is 17.3 Å². The summed E-state index contributed by atoms with van der Waals surface area (Å²) in [4.78, 5) is 6.71. The lowest BCUT2D eigenvalue weighted by Crippen LogP contribution is -2.40. The average Bonchev–Trinajstić information content (AvgIpc) is 3.06. The first-order valence-electron chi connectivity index (χ1n) is 8.70. The second kappa shape index (κ2) is 8.15. The van der Waals surface area contributed by atoms with Crippen LogP contribution in [0.1, 0.15) is 38.4 Å². The van der Waals surface area contributed by atoms with Gasteiger partial charge in [0.1, 0.15) is 12.7 Å². The predicted molar refractivity (Wildman–Crippen MR) is 90.2 cm³/mol. The first-order chi connectivity index (χ1) is 11.8. The van der Waals surface area contributed by atoms with Gasteiger partial charge >= 0.3 is 0 Å². The Morgan fingerprint density at radius 3 is 2.83 bits per heavy atom. The highest BCUT2D eigenvalue weighted by molar-refractivity contribution is 5.40. The summed E-state index contributed by atoms with van der Waals surface area (Å²) >= 11 is 0.